The van der Waals surface area contributed by atoms with Gasteiger partial charge in [-0.3, -0.25) is 14.2 Å². The van der Waals surface area contributed by atoms with E-state index in [1.54, 1.807) is 44.4 Å². The van der Waals surface area contributed by atoms with Gasteiger partial charge in [0.2, 0.25) is 0 Å². The van der Waals surface area contributed by atoms with Crippen LogP contribution in [0.5, 0.6) is 0 Å². The molecule has 1 amide bonds. The van der Waals surface area contributed by atoms with E-state index in [9.17, 15) is 14.0 Å². The highest BCUT2D eigenvalue weighted by molar-refractivity contribution is 6.00. The van der Waals surface area contributed by atoms with Crippen LogP contribution in [0.2, 0.25) is 0 Å². The highest BCUT2D eigenvalue weighted by Crippen LogP contribution is 2.26. The lowest BCUT2D eigenvalue weighted by Gasteiger charge is -2.11. The van der Waals surface area contributed by atoms with Crippen molar-refractivity contribution < 1.29 is 13.7 Å². The van der Waals surface area contributed by atoms with Crippen LogP contribution < -0.4 is 21.5 Å². The standard InChI is InChI=1S/C20H19FN8O3/c1-10-6-17(27-32-10)28-5-3-4-13(20(28)31)24-15-8-16(22-2)29-18(26-15)11(9-23-29)19(30)25-14-7-12(14)21/h3-6,8-9,12,14,22H,7H2,1-2H3,(H,24,26)(H,25,30)/t12-,14+/m1/s1. The minimum Gasteiger partial charge on any atom is -0.373 e. The van der Waals surface area contributed by atoms with Crippen molar-refractivity contribution in [1.82, 2.24) is 29.6 Å². The minimum atomic E-state index is -1.02. The van der Waals surface area contributed by atoms with E-state index >= 15 is 0 Å². The Balaban J connectivity index is 1.51. The molecule has 3 N–H and O–H groups in total. The minimum absolute atomic E-state index is 0.202. The summed E-state index contributed by atoms with van der Waals surface area (Å²) in [7, 11) is 1.69. The van der Waals surface area contributed by atoms with E-state index in [2.05, 4.69) is 31.2 Å². The van der Waals surface area contributed by atoms with Crippen molar-refractivity contribution in [1.29, 1.82) is 0 Å². The number of carbonyl (C=O) groups is 1. The fourth-order valence-corrected chi connectivity index (χ4v) is 3.30. The first-order valence-electron chi connectivity index (χ1n) is 9.88. The molecule has 0 aliphatic heterocycles. The SMILES string of the molecule is CNc1cc(Nc2cccn(-c3cc(C)on3)c2=O)nc2c(C(=O)N[C@H]3C[C@H]3F)cnn12. The molecule has 0 aromatic carbocycles. The predicted molar refractivity (Wildman–Crippen MR) is 113 cm³/mol. The Morgan fingerprint density at radius 3 is 2.84 bits per heavy atom. The van der Waals surface area contributed by atoms with Crippen molar-refractivity contribution in [3.05, 3.63) is 58.3 Å². The van der Waals surface area contributed by atoms with Gasteiger partial charge in [-0.05, 0) is 19.1 Å². The van der Waals surface area contributed by atoms with Crippen LogP contribution in [0.25, 0.3) is 11.5 Å². The molecule has 1 saturated carbocycles. The number of nitrogens with zero attached hydrogens (tertiary/aromatic N) is 5. The van der Waals surface area contributed by atoms with E-state index in [0.717, 1.165) is 0 Å². The molecule has 4 aromatic heterocycles. The van der Waals surface area contributed by atoms with Gasteiger partial charge in [0.15, 0.2) is 11.5 Å². The van der Waals surface area contributed by atoms with Gasteiger partial charge in [-0.2, -0.15) is 9.61 Å². The van der Waals surface area contributed by atoms with Gasteiger partial charge in [-0.15, -0.1) is 0 Å². The fourth-order valence-electron chi connectivity index (χ4n) is 3.30. The fraction of sp³-hybridized carbons (Fsp3) is 0.250. The largest absolute Gasteiger partial charge is 0.373 e. The first kappa shape index (κ1) is 19.7. The molecule has 11 nitrogen and oxygen atoms in total. The van der Waals surface area contributed by atoms with E-state index in [0.29, 0.717) is 29.6 Å². The summed E-state index contributed by atoms with van der Waals surface area (Å²) in [4.78, 5) is 30.0. The van der Waals surface area contributed by atoms with Crippen molar-refractivity contribution in [3.8, 4) is 5.82 Å². The van der Waals surface area contributed by atoms with E-state index in [1.165, 1.54) is 15.3 Å². The quantitative estimate of drug-likeness (QED) is 0.415. The summed E-state index contributed by atoms with van der Waals surface area (Å²) in [6, 6.07) is 6.11. The van der Waals surface area contributed by atoms with Crippen LogP contribution in [0.15, 0.2) is 46.0 Å². The van der Waals surface area contributed by atoms with E-state index < -0.39 is 18.1 Å². The van der Waals surface area contributed by atoms with Gasteiger partial charge < -0.3 is 20.5 Å². The molecule has 4 aromatic rings. The van der Waals surface area contributed by atoms with Crippen LogP contribution in [-0.4, -0.2) is 49.5 Å². The van der Waals surface area contributed by atoms with Crippen LogP contribution in [0.1, 0.15) is 22.5 Å². The Labute approximate surface area is 180 Å². The molecule has 32 heavy (non-hydrogen) atoms. The summed E-state index contributed by atoms with van der Waals surface area (Å²) >= 11 is 0. The molecule has 164 valence electrons. The predicted octanol–water partition coefficient (Wildman–Crippen LogP) is 1.80. The number of halogens is 1. The number of hydrogen-bond acceptors (Lipinski definition) is 8. The number of nitrogens with one attached hydrogen (secondary N) is 3. The number of hydrogen-bond donors (Lipinski definition) is 3. The molecule has 4 heterocycles. The van der Waals surface area contributed by atoms with Crippen LogP contribution >= 0.6 is 0 Å². The van der Waals surface area contributed by atoms with Gasteiger partial charge in [-0.25, -0.2) is 9.37 Å². The smallest absolute Gasteiger partial charge is 0.280 e. The molecule has 0 radical (unpaired) electrons. The van der Waals surface area contributed by atoms with Crippen molar-refractivity contribution >= 4 is 28.9 Å². The first-order chi connectivity index (χ1) is 15.4. The lowest BCUT2D eigenvalue weighted by atomic mass is 10.3. The van der Waals surface area contributed by atoms with Crippen molar-refractivity contribution in [2.75, 3.05) is 17.7 Å². The van der Waals surface area contributed by atoms with Crippen molar-refractivity contribution in [3.63, 3.8) is 0 Å². The Hall–Kier alpha value is -4.22. The van der Waals surface area contributed by atoms with Gasteiger partial charge in [0.25, 0.3) is 11.5 Å². The number of pyridine rings is 1. The number of rotatable bonds is 6. The average molecular weight is 438 g/mol. The van der Waals surface area contributed by atoms with E-state index in [1.807, 2.05) is 0 Å². The normalized spacial score (nSPS) is 17.3. The summed E-state index contributed by atoms with van der Waals surface area (Å²) < 4.78 is 21.1. The number of carbonyl (C=O) groups excluding carboxylic acids is 1. The third kappa shape index (κ3) is 3.45. The Morgan fingerprint density at radius 1 is 1.34 bits per heavy atom. The molecule has 1 fully saturated rings. The molecule has 0 bridgehead atoms. The molecular weight excluding hydrogens is 419 g/mol. The number of aryl methyl sites for hydroxylation is 1. The van der Waals surface area contributed by atoms with Crippen LogP contribution in [0, 0.1) is 6.92 Å². The maximum Gasteiger partial charge on any atom is 0.280 e. The summed E-state index contributed by atoms with van der Waals surface area (Å²) in [6.45, 7) is 1.73. The van der Waals surface area contributed by atoms with Gasteiger partial charge in [0.1, 0.15) is 34.8 Å². The maximum atomic E-state index is 13.2. The highest BCUT2D eigenvalue weighted by Gasteiger charge is 2.39. The monoisotopic (exact) mass is 438 g/mol. The average Bonchev–Trinajstić information content (AvgIpc) is 3.14. The molecule has 0 saturated heterocycles. The number of amides is 1. The van der Waals surface area contributed by atoms with Gasteiger partial charge in [0, 0.05) is 31.8 Å². The number of fused-ring (bicyclic) bond motifs is 1. The summed E-state index contributed by atoms with van der Waals surface area (Å²) in [5.41, 5.74) is 0.350. The van der Waals surface area contributed by atoms with Crippen molar-refractivity contribution in [2.24, 2.45) is 0 Å². The molecule has 0 spiro atoms. The van der Waals surface area contributed by atoms with Gasteiger partial charge in [0.05, 0.1) is 12.2 Å². The zero-order valence-electron chi connectivity index (χ0n) is 17.2. The summed E-state index contributed by atoms with van der Waals surface area (Å²) in [5.74, 6) is 1.33. The zero-order valence-corrected chi connectivity index (χ0v) is 17.2. The summed E-state index contributed by atoms with van der Waals surface area (Å²) in [6.07, 6.45) is 2.24. The molecule has 0 unspecified atom stereocenters. The van der Waals surface area contributed by atoms with Crippen molar-refractivity contribution in [2.45, 2.75) is 25.6 Å². The second kappa shape index (κ2) is 7.48. The van der Waals surface area contributed by atoms with Crippen LogP contribution in [0.4, 0.5) is 21.7 Å². The third-order valence-electron chi connectivity index (χ3n) is 5.07. The highest BCUT2D eigenvalue weighted by atomic mass is 19.1. The maximum absolute atomic E-state index is 13.2. The number of anilines is 3. The Morgan fingerprint density at radius 2 is 2.16 bits per heavy atom. The second-order valence-corrected chi connectivity index (χ2v) is 7.42. The number of aromatic nitrogens is 5. The lowest BCUT2D eigenvalue weighted by molar-refractivity contribution is 0.0949. The molecule has 1 aliphatic carbocycles. The van der Waals surface area contributed by atoms with Gasteiger partial charge in [-0.1, -0.05) is 5.16 Å². The lowest BCUT2D eigenvalue weighted by Crippen LogP contribution is -2.27. The van der Waals surface area contributed by atoms with E-state index in [4.69, 9.17) is 4.52 Å². The van der Waals surface area contributed by atoms with E-state index in [-0.39, 0.29) is 22.5 Å². The molecule has 1 aliphatic rings. The Kier molecular flexibility index (Phi) is 4.61. The van der Waals surface area contributed by atoms with Gasteiger partial charge >= 0.3 is 0 Å². The topological polar surface area (TPSA) is 131 Å². The molecule has 2 atom stereocenters. The van der Waals surface area contributed by atoms with Crippen LogP contribution in [-0.2, 0) is 0 Å². The molecule has 12 heteroatoms. The summed E-state index contributed by atoms with van der Waals surface area (Å²) in [5, 5.41) is 16.7. The zero-order chi connectivity index (χ0) is 22.4. The number of alkyl halides is 1. The molecule has 5 rings (SSSR count). The Bertz CT molecular complexity index is 1390. The molecular formula is C20H19FN8O3. The second-order valence-electron chi connectivity index (χ2n) is 7.42. The third-order valence-corrected chi connectivity index (χ3v) is 5.07. The van der Waals surface area contributed by atoms with Crippen LogP contribution in [0.3, 0.4) is 0 Å². The first-order valence-corrected chi connectivity index (χ1v) is 9.88.